The lowest BCUT2D eigenvalue weighted by Crippen LogP contribution is -2.37. The number of ether oxygens (including phenoxy) is 2. The Labute approximate surface area is 252 Å². The zero-order valence-electron chi connectivity index (χ0n) is 25.0. The number of nitrogens with zero attached hydrogens (tertiary/aromatic N) is 1. The van der Waals surface area contributed by atoms with Crippen molar-refractivity contribution in [2.24, 2.45) is 0 Å². The number of hydrogen-bond donors (Lipinski definition) is 0. The molecule has 39 heavy (non-hydrogen) atoms. The van der Waals surface area contributed by atoms with E-state index in [2.05, 4.69) is 46.9 Å². The Hall–Kier alpha value is -0.0600. The molecular weight excluding hydrogens is 626 g/mol. The van der Waals surface area contributed by atoms with Gasteiger partial charge in [0.15, 0.2) is 0 Å². The fourth-order valence-corrected chi connectivity index (χ4v) is 5.25. The summed E-state index contributed by atoms with van der Waals surface area (Å²) in [7, 11) is 3.11. The number of hydrogen-bond acceptors (Lipinski definition) is 6. The maximum absolute atomic E-state index is 11.9. The van der Waals surface area contributed by atoms with Gasteiger partial charge in [0.05, 0.1) is 34.4 Å². The second kappa shape index (κ2) is 22.5. The first-order valence-corrected chi connectivity index (χ1v) is 17.4. The summed E-state index contributed by atoms with van der Waals surface area (Å²) in [5.41, 5.74) is 1.47. The Morgan fingerprint density at radius 1 is 0.769 bits per heavy atom. The van der Waals surface area contributed by atoms with Crippen molar-refractivity contribution < 1.29 is 32.5 Å². The van der Waals surface area contributed by atoms with Crippen LogP contribution >= 0.6 is 30.4 Å². The lowest BCUT2D eigenvalue weighted by Gasteiger charge is -2.28. The fourth-order valence-electron chi connectivity index (χ4n) is 4.17. The molecule has 1 aromatic carbocycles. The van der Waals surface area contributed by atoms with Gasteiger partial charge in [-0.05, 0) is 59.5 Å². The zero-order chi connectivity index (χ0) is 28.8. The van der Waals surface area contributed by atoms with Crippen LogP contribution in [0.2, 0.25) is 0 Å². The largest absolute Gasteiger partial charge is 0.756 e. The van der Waals surface area contributed by atoms with Crippen LogP contribution in [0.3, 0.4) is 0 Å². The predicted octanol–water partition coefficient (Wildman–Crippen LogP) is 7.14. The van der Waals surface area contributed by atoms with Crippen molar-refractivity contribution in [3.8, 4) is 0 Å². The lowest BCUT2D eigenvalue weighted by molar-refractivity contribution is -0.870. The molecule has 228 valence electrons. The van der Waals surface area contributed by atoms with E-state index in [0.29, 0.717) is 24.2 Å². The van der Waals surface area contributed by atoms with Crippen LogP contribution in [0.15, 0.2) is 24.3 Å². The molecule has 7 nitrogen and oxygen atoms in total. The highest BCUT2D eigenvalue weighted by atomic mass is 125. The second-order valence-electron chi connectivity index (χ2n) is 11.5. The van der Waals surface area contributed by atoms with Gasteiger partial charge in [0.1, 0.15) is 19.3 Å². The molecule has 0 aliphatic heterocycles. The quantitative estimate of drug-likeness (QED) is 0.0448. The van der Waals surface area contributed by atoms with Crippen LogP contribution in [0.1, 0.15) is 89.0 Å². The third-order valence-electron chi connectivity index (χ3n) is 6.73. The van der Waals surface area contributed by atoms with Crippen LogP contribution in [0.25, 0.3) is 0 Å². The maximum atomic E-state index is 11.9. The van der Waals surface area contributed by atoms with Gasteiger partial charge in [-0.3, -0.25) is 4.57 Å². The minimum absolute atomic E-state index is 0.0913. The minimum Gasteiger partial charge on any atom is -0.756 e. The van der Waals surface area contributed by atoms with Gasteiger partial charge < -0.3 is 27.9 Å². The van der Waals surface area contributed by atoms with Gasteiger partial charge in [-0.1, -0.05) is 82.8 Å². The molecule has 0 amide bonds. The standard InChI is InChI=1S/C30H55INO6P/c1-32(2,3)23-25-37-39(33,34)38-27-30(35-4)26-36-24-17-15-13-11-9-7-5-6-8-10-12-14-16-18-28-19-21-29(31)22-20-28/h19-22,30H,5-18,23-27H2,1-4H3/i31-2. The number of rotatable bonds is 26. The molecule has 1 aromatic rings. The topological polar surface area (TPSA) is 77.1 Å². The molecule has 9 heteroatoms. The summed E-state index contributed by atoms with van der Waals surface area (Å²) in [5.74, 6) is 0. The van der Waals surface area contributed by atoms with Gasteiger partial charge in [-0.2, -0.15) is 0 Å². The average Bonchev–Trinajstić information content (AvgIpc) is 2.87. The lowest BCUT2D eigenvalue weighted by atomic mass is 10.0. The first-order chi connectivity index (χ1) is 18.6. The fraction of sp³-hybridized carbons (Fsp3) is 0.800. The third kappa shape index (κ3) is 23.2. The average molecular weight is 682 g/mol. The third-order valence-corrected chi connectivity index (χ3v) is 8.42. The van der Waals surface area contributed by atoms with Crippen molar-refractivity contribution in [2.75, 3.05) is 61.2 Å². The second-order valence-corrected chi connectivity index (χ2v) is 14.2. The van der Waals surface area contributed by atoms with Crippen LogP contribution in [0.4, 0.5) is 0 Å². The molecule has 0 spiro atoms. The molecule has 0 aromatic heterocycles. The van der Waals surface area contributed by atoms with Gasteiger partial charge in [-0.15, -0.1) is 0 Å². The van der Waals surface area contributed by atoms with E-state index in [9.17, 15) is 9.46 Å². The summed E-state index contributed by atoms with van der Waals surface area (Å²) < 4.78 is 34.6. The molecule has 0 aliphatic rings. The molecule has 1 rings (SSSR count). The number of likely N-dealkylation sites (N-methyl/N-ethyl adjacent to an activating group) is 1. The van der Waals surface area contributed by atoms with Crippen molar-refractivity contribution >= 4 is 30.4 Å². The Morgan fingerprint density at radius 2 is 1.28 bits per heavy atom. The molecule has 0 radical (unpaired) electrons. The Balaban J connectivity index is 1.86. The molecule has 0 saturated heterocycles. The predicted molar refractivity (Wildman–Crippen MR) is 167 cm³/mol. The number of phosphoric ester groups is 1. The van der Waals surface area contributed by atoms with E-state index >= 15 is 0 Å². The number of aryl methyl sites for hydroxylation is 1. The summed E-state index contributed by atoms with van der Waals surface area (Å²) in [6.45, 7) is 1.52. The normalized spacial score (nSPS) is 14.4. The number of halogens is 1. The Morgan fingerprint density at radius 3 is 1.79 bits per heavy atom. The minimum atomic E-state index is -4.33. The molecule has 0 aliphatic carbocycles. The SMILES string of the molecule is COC(COCCCCCCCCCCCCCCCc1ccc([125I])cc1)COP(=O)([O-])OCC[N+](C)(C)C. The first kappa shape index (κ1) is 37.0. The summed E-state index contributed by atoms with van der Waals surface area (Å²) in [6.07, 6.45) is 17.7. The van der Waals surface area contributed by atoms with Crippen molar-refractivity contribution in [3.63, 3.8) is 0 Å². The summed E-state index contributed by atoms with van der Waals surface area (Å²) in [4.78, 5) is 11.9. The van der Waals surface area contributed by atoms with Gasteiger partial charge in [0, 0.05) is 17.3 Å². The van der Waals surface area contributed by atoms with Crippen LogP contribution in [-0.4, -0.2) is 71.8 Å². The van der Waals surface area contributed by atoms with E-state index in [-0.39, 0.29) is 13.2 Å². The molecule has 0 fully saturated rings. The van der Waals surface area contributed by atoms with Gasteiger partial charge in [-0.25, -0.2) is 0 Å². The van der Waals surface area contributed by atoms with E-state index in [1.807, 2.05) is 21.1 Å². The zero-order valence-corrected chi connectivity index (χ0v) is 28.1. The van der Waals surface area contributed by atoms with E-state index in [0.717, 1.165) is 12.8 Å². The van der Waals surface area contributed by atoms with Gasteiger partial charge >= 0.3 is 0 Å². The van der Waals surface area contributed by atoms with Crippen molar-refractivity contribution in [1.29, 1.82) is 0 Å². The molecule has 0 saturated carbocycles. The highest BCUT2D eigenvalue weighted by Crippen LogP contribution is 2.38. The van der Waals surface area contributed by atoms with E-state index in [1.54, 1.807) is 0 Å². The van der Waals surface area contributed by atoms with E-state index in [4.69, 9.17) is 18.5 Å². The molecule has 0 N–H and O–H groups in total. The molecule has 2 unspecified atom stereocenters. The van der Waals surface area contributed by atoms with E-state index < -0.39 is 13.9 Å². The van der Waals surface area contributed by atoms with Gasteiger partial charge in [0.2, 0.25) is 0 Å². The highest BCUT2D eigenvalue weighted by molar-refractivity contribution is 14.1. The smallest absolute Gasteiger partial charge is 0.268 e. The van der Waals surface area contributed by atoms with Gasteiger partial charge in [0.25, 0.3) is 7.82 Å². The molecule has 0 heterocycles. The number of benzene rings is 1. The summed E-state index contributed by atoms with van der Waals surface area (Å²) in [5, 5.41) is 0. The number of unbranched alkanes of at least 4 members (excludes halogenated alkanes) is 12. The van der Waals surface area contributed by atoms with Crippen LogP contribution in [0.5, 0.6) is 0 Å². The van der Waals surface area contributed by atoms with Crippen molar-refractivity contribution in [3.05, 3.63) is 33.4 Å². The maximum Gasteiger partial charge on any atom is 0.268 e. The first-order valence-electron chi connectivity index (χ1n) is 14.9. The van der Waals surface area contributed by atoms with E-state index in [1.165, 1.54) is 93.3 Å². The molecule has 2 atom stereocenters. The van der Waals surface area contributed by atoms with Crippen LogP contribution < -0.4 is 4.89 Å². The summed E-state index contributed by atoms with van der Waals surface area (Å²) >= 11 is 2.36. The number of quaternary nitrogens is 1. The number of phosphoric acid groups is 1. The van der Waals surface area contributed by atoms with Crippen molar-refractivity contribution in [2.45, 2.75) is 96.0 Å². The van der Waals surface area contributed by atoms with Crippen molar-refractivity contribution in [1.82, 2.24) is 0 Å². The Kier molecular flexibility index (Phi) is 21.4. The van der Waals surface area contributed by atoms with Crippen LogP contribution in [-0.2, 0) is 29.5 Å². The highest BCUT2D eigenvalue weighted by Gasteiger charge is 2.16. The van der Waals surface area contributed by atoms with Crippen LogP contribution in [0, 0.1) is 3.57 Å². The molecular formula is C30H55INO6P. The Bertz CT molecular complexity index is 759. The molecule has 0 bridgehead atoms. The number of methoxy groups -OCH3 is 1. The summed E-state index contributed by atoms with van der Waals surface area (Å²) in [6, 6.07) is 8.92. The monoisotopic (exact) mass is 681 g/mol.